The second kappa shape index (κ2) is 6.49. The highest BCUT2D eigenvalue weighted by Gasteiger charge is 2.35. The number of hydrogen-bond donors (Lipinski definition) is 1. The first kappa shape index (κ1) is 15.5. The molecule has 0 spiro atoms. The van der Waals surface area contributed by atoms with Crippen molar-refractivity contribution < 1.29 is 13.9 Å². The van der Waals surface area contributed by atoms with Crippen molar-refractivity contribution in [2.45, 2.75) is 25.3 Å². The first-order valence-corrected chi connectivity index (χ1v) is 8.66. The van der Waals surface area contributed by atoms with Crippen molar-refractivity contribution in [3.63, 3.8) is 0 Å². The van der Waals surface area contributed by atoms with Crippen molar-refractivity contribution in [3.8, 4) is 11.5 Å². The lowest BCUT2D eigenvalue weighted by molar-refractivity contribution is 0.0706. The lowest BCUT2D eigenvalue weighted by Crippen LogP contribution is -2.37. The van der Waals surface area contributed by atoms with E-state index in [0.717, 1.165) is 44.6 Å². The molecule has 4 rings (SSSR count). The van der Waals surface area contributed by atoms with E-state index in [1.807, 2.05) is 29.2 Å². The lowest BCUT2D eigenvalue weighted by Gasteiger charge is -2.25. The number of aromatic nitrogens is 2. The predicted molar refractivity (Wildman–Crippen MR) is 90.1 cm³/mol. The number of rotatable bonds is 5. The first-order valence-electron chi connectivity index (χ1n) is 8.25. The molecule has 0 bridgehead atoms. The van der Waals surface area contributed by atoms with Gasteiger partial charge in [-0.05, 0) is 55.7 Å². The number of nitrogens with one attached hydrogen (secondary N) is 1. The molecule has 1 aromatic carbocycles. The monoisotopic (exact) mass is 345 g/mol. The van der Waals surface area contributed by atoms with Gasteiger partial charge in [0, 0.05) is 36.2 Å². The minimum absolute atomic E-state index is 0.0962. The van der Waals surface area contributed by atoms with Crippen molar-refractivity contribution in [3.05, 3.63) is 34.7 Å². The van der Waals surface area contributed by atoms with Crippen LogP contribution in [0.4, 0.5) is 0 Å². The summed E-state index contributed by atoms with van der Waals surface area (Å²) in [4.78, 5) is 15.2. The number of carbonyl (C=O) groups excluding carboxylic acids is 1. The molecule has 1 saturated carbocycles. The second-order valence-corrected chi connectivity index (χ2v) is 6.78. The van der Waals surface area contributed by atoms with Gasteiger partial charge in [-0.15, -0.1) is 5.10 Å². The molecule has 2 fully saturated rings. The summed E-state index contributed by atoms with van der Waals surface area (Å²) in [6, 6.07) is 7.72. The molecule has 1 saturated heterocycles. The molecule has 2 aliphatic rings. The molecular weight excluding hydrogens is 326 g/mol. The summed E-state index contributed by atoms with van der Waals surface area (Å²) in [5.41, 5.74) is 1.49. The predicted octanol–water partition coefficient (Wildman–Crippen LogP) is 3.04. The Hall–Kier alpha value is -1.99. The van der Waals surface area contributed by atoms with E-state index >= 15 is 0 Å². The summed E-state index contributed by atoms with van der Waals surface area (Å²) < 4.78 is 10.7. The van der Waals surface area contributed by atoms with E-state index in [9.17, 15) is 4.79 Å². The number of nitrogens with zero attached hydrogens (tertiary/aromatic N) is 2. The van der Waals surface area contributed by atoms with Gasteiger partial charge in [0.05, 0.1) is 6.61 Å². The Morgan fingerprint density at radius 3 is 2.67 bits per heavy atom. The summed E-state index contributed by atoms with van der Waals surface area (Å²) in [6.45, 7) is 2.36. The first-order chi connectivity index (χ1) is 11.7. The SMILES string of the molecule is O=C(c1ccc(-c2n[nH]c(=S)o2)cc1)N(CC1CCOC1)C1CC1. The van der Waals surface area contributed by atoms with Crippen LogP contribution in [0.3, 0.4) is 0 Å². The summed E-state index contributed by atoms with van der Waals surface area (Å²) in [7, 11) is 0. The lowest BCUT2D eigenvalue weighted by atomic mass is 10.1. The number of hydrogen-bond acceptors (Lipinski definition) is 5. The maximum atomic E-state index is 12.9. The number of carbonyl (C=O) groups is 1. The third-order valence-electron chi connectivity index (χ3n) is 4.54. The fourth-order valence-electron chi connectivity index (χ4n) is 3.06. The molecule has 1 aliphatic heterocycles. The Morgan fingerprint density at radius 1 is 1.29 bits per heavy atom. The molecule has 1 atom stereocenters. The molecule has 6 nitrogen and oxygen atoms in total. The molecule has 24 heavy (non-hydrogen) atoms. The fourth-order valence-corrected chi connectivity index (χ4v) is 3.19. The highest BCUT2D eigenvalue weighted by molar-refractivity contribution is 7.71. The Bertz CT molecular complexity index is 773. The molecule has 1 unspecified atom stereocenters. The quantitative estimate of drug-likeness (QED) is 0.844. The summed E-state index contributed by atoms with van der Waals surface area (Å²) in [5, 5.41) is 6.59. The summed E-state index contributed by atoms with van der Waals surface area (Å²) in [6.07, 6.45) is 3.25. The maximum Gasteiger partial charge on any atom is 0.284 e. The van der Waals surface area contributed by atoms with Crippen molar-refractivity contribution in [2.75, 3.05) is 19.8 Å². The van der Waals surface area contributed by atoms with Crippen molar-refractivity contribution in [1.29, 1.82) is 0 Å². The Kier molecular flexibility index (Phi) is 4.20. The van der Waals surface area contributed by atoms with Gasteiger partial charge in [-0.25, -0.2) is 5.10 Å². The highest BCUT2D eigenvalue weighted by Crippen LogP contribution is 2.30. The van der Waals surface area contributed by atoms with Crippen LogP contribution in [0.2, 0.25) is 0 Å². The third-order valence-corrected chi connectivity index (χ3v) is 4.72. The van der Waals surface area contributed by atoms with E-state index < -0.39 is 0 Å². The molecular formula is C17H19N3O3S. The Balaban J connectivity index is 1.50. The van der Waals surface area contributed by atoms with E-state index in [0.29, 0.717) is 23.4 Å². The van der Waals surface area contributed by atoms with Crippen LogP contribution in [-0.4, -0.2) is 46.8 Å². The minimum Gasteiger partial charge on any atom is -0.409 e. The normalized spacial score (nSPS) is 20.2. The number of benzene rings is 1. The molecule has 7 heteroatoms. The zero-order valence-electron chi connectivity index (χ0n) is 13.2. The molecule has 1 aromatic heterocycles. The van der Waals surface area contributed by atoms with Gasteiger partial charge in [-0.3, -0.25) is 4.79 Å². The van der Waals surface area contributed by atoms with Gasteiger partial charge in [0.25, 0.3) is 10.7 Å². The smallest absolute Gasteiger partial charge is 0.284 e. The zero-order valence-corrected chi connectivity index (χ0v) is 14.1. The van der Waals surface area contributed by atoms with Crippen LogP contribution >= 0.6 is 12.2 Å². The molecule has 1 N–H and O–H groups in total. The number of H-pyrrole nitrogens is 1. The van der Waals surface area contributed by atoms with Crippen LogP contribution < -0.4 is 0 Å². The minimum atomic E-state index is 0.0962. The summed E-state index contributed by atoms with van der Waals surface area (Å²) in [5.74, 6) is 0.988. The topological polar surface area (TPSA) is 71.4 Å². The van der Waals surface area contributed by atoms with E-state index in [1.165, 1.54) is 0 Å². The van der Waals surface area contributed by atoms with Crippen LogP contribution in [0.1, 0.15) is 29.6 Å². The van der Waals surface area contributed by atoms with Gasteiger partial charge in [-0.1, -0.05) is 0 Å². The van der Waals surface area contributed by atoms with Gasteiger partial charge < -0.3 is 14.1 Å². The molecule has 1 amide bonds. The Morgan fingerprint density at radius 2 is 2.08 bits per heavy atom. The van der Waals surface area contributed by atoms with Gasteiger partial charge in [0.1, 0.15) is 0 Å². The van der Waals surface area contributed by atoms with Crippen molar-refractivity contribution in [1.82, 2.24) is 15.1 Å². The Labute approximate surface area is 144 Å². The van der Waals surface area contributed by atoms with Crippen molar-refractivity contribution >= 4 is 18.1 Å². The molecule has 0 radical (unpaired) electrons. The van der Waals surface area contributed by atoms with Crippen molar-refractivity contribution in [2.24, 2.45) is 5.92 Å². The van der Waals surface area contributed by atoms with E-state index in [2.05, 4.69) is 10.2 Å². The zero-order chi connectivity index (χ0) is 16.5. The third kappa shape index (κ3) is 3.27. The number of amides is 1. The number of aromatic amines is 1. The fraction of sp³-hybridized carbons (Fsp3) is 0.471. The number of ether oxygens (including phenoxy) is 1. The van der Waals surface area contributed by atoms with Gasteiger partial charge >= 0.3 is 0 Å². The van der Waals surface area contributed by atoms with E-state index in [4.69, 9.17) is 21.4 Å². The molecule has 2 heterocycles. The molecule has 126 valence electrons. The van der Waals surface area contributed by atoms with Crippen LogP contribution in [0.25, 0.3) is 11.5 Å². The van der Waals surface area contributed by atoms with Crippen LogP contribution in [0.15, 0.2) is 28.7 Å². The van der Waals surface area contributed by atoms with Crippen LogP contribution in [0.5, 0.6) is 0 Å². The largest absolute Gasteiger partial charge is 0.409 e. The molecule has 2 aromatic rings. The average molecular weight is 345 g/mol. The van der Waals surface area contributed by atoms with Gasteiger partial charge in [0.15, 0.2) is 0 Å². The van der Waals surface area contributed by atoms with E-state index in [1.54, 1.807) is 0 Å². The standard InChI is InChI=1S/C17H19N3O3S/c21-16(20(14-5-6-14)9-11-7-8-22-10-11)13-3-1-12(2-4-13)15-18-19-17(24)23-15/h1-4,11,14H,5-10H2,(H,19,24). The second-order valence-electron chi connectivity index (χ2n) is 6.41. The molecule has 1 aliphatic carbocycles. The van der Waals surface area contributed by atoms with Gasteiger partial charge in [0.2, 0.25) is 5.89 Å². The summed E-state index contributed by atoms with van der Waals surface area (Å²) >= 11 is 4.88. The van der Waals surface area contributed by atoms with Gasteiger partial charge in [-0.2, -0.15) is 0 Å². The van der Waals surface area contributed by atoms with Crippen LogP contribution in [-0.2, 0) is 4.74 Å². The highest BCUT2D eigenvalue weighted by atomic mass is 32.1. The average Bonchev–Trinajstić information content (AvgIpc) is 3.13. The van der Waals surface area contributed by atoms with E-state index in [-0.39, 0.29) is 10.7 Å². The maximum absolute atomic E-state index is 12.9. The van der Waals surface area contributed by atoms with Crippen LogP contribution in [0, 0.1) is 10.8 Å².